The lowest BCUT2D eigenvalue weighted by atomic mass is 10.1. The fourth-order valence-corrected chi connectivity index (χ4v) is 2.48. The predicted molar refractivity (Wildman–Crippen MR) is 104 cm³/mol. The number of halogens is 1. The fraction of sp³-hybridized carbons (Fsp3) is 0.211. The summed E-state index contributed by atoms with van der Waals surface area (Å²) in [5.74, 6) is 1.61. The molecule has 3 aromatic rings. The Balaban J connectivity index is 0.00000243. The minimum Gasteiger partial charge on any atom is -0.502 e. The fourth-order valence-electron chi connectivity index (χ4n) is 2.48. The first-order valence-corrected chi connectivity index (χ1v) is 7.72. The highest BCUT2D eigenvalue weighted by atomic mass is 35.5. The van der Waals surface area contributed by atoms with E-state index >= 15 is 0 Å². The van der Waals surface area contributed by atoms with Gasteiger partial charge >= 0.3 is 0 Å². The van der Waals surface area contributed by atoms with E-state index in [-0.39, 0.29) is 18.2 Å². The van der Waals surface area contributed by atoms with E-state index in [1.807, 2.05) is 43.3 Å². The number of nitrogens with zero attached hydrogens (tertiary/aromatic N) is 2. The molecule has 0 saturated carbocycles. The Morgan fingerprint density at radius 3 is 2.04 bits per heavy atom. The number of anilines is 1. The Hall–Kier alpha value is -2.86. The molecule has 3 rings (SSSR count). The van der Waals surface area contributed by atoms with Gasteiger partial charge in [-0.05, 0) is 36.4 Å². The maximum atomic E-state index is 10.0. The quantitative estimate of drug-likeness (QED) is 0.719. The van der Waals surface area contributed by atoms with Crippen LogP contribution in [0.25, 0.3) is 22.8 Å². The molecular formula is C19H21ClN2O4. The molecule has 0 aliphatic carbocycles. The number of aromatic nitrogens is 1. The normalized spacial score (nSPS) is 10.2. The second-order valence-electron chi connectivity index (χ2n) is 5.70. The first kappa shape index (κ1) is 19.5. The number of benzene rings is 2. The summed E-state index contributed by atoms with van der Waals surface area (Å²) in [5.41, 5.74) is 2.70. The van der Waals surface area contributed by atoms with E-state index in [4.69, 9.17) is 13.9 Å². The molecular weight excluding hydrogens is 356 g/mol. The first-order chi connectivity index (χ1) is 12.0. The van der Waals surface area contributed by atoms with Gasteiger partial charge in [0, 0.05) is 30.9 Å². The molecule has 1 N–H and O–H groups in total. The standard InChI is InChI=1S/C19H20N2O4.ClH/c1-21(2)14-7-5-12(6-8-14)17-11-20-19(25-17)13-9-15(23-3)18(22)16(10-13)24-4;/h5-11,22H,1-4H3;1H. The smallest absolute Gasteiger partial charge is 0.226 e. The number of phenolic OH excluding ortho intramolecular Hbond substituents is 1. The highest BCUT2D eigenvalue weighted by molar-refractivity contribution is 5.85. The predicted octanol–water partition coefficient (Wildman–Crippen LogP) is 4.22. The lowest BCUT2D eigenvalue weighted by Gasteiger charge is -2.12. The molecule has 2 aromatic carbocycles. The molecule has 26 heavy (non-hydrogen) atoms. The molecule has 0 amide bonds. The Kier molecular flexibility index (Phi) is 6.00. The van der Waals surface area contributed by atoms with Crippen molar-refractivity contribution in [3.63, 3.8) is 0 Å². The number of hydrogen-bond donors (Lipinski definition) is 1. The third-order valence-electron chi connectivity index (χ3n) is 3.90. The zero-order valence-electron chi connectivity index (χ0n) is 15.0. The summed E-state index contributed by atoms with van der Waals surface area (Å²) in [5, 5.41) is 10.0. The average molecular weight is 377 g/mol. The van der Waals surface area contributed by atoms with Gasteiger partial charge < -0.3 is 23.9 Å². The van der Waals surface area contributed by atoms with Gasteiger partial charge in [-0.2, -0.15) is 0 Å². The summed E-state index contributed by atoms with van der Waals surface area (Å²) >= 11 is 0. The molecule has 0 bridgehead atoms. The molecule has 1 heterocycles. The number of oxazole rings is 1. The van der Waals surface area contributed by atoms with Crippen LogP contribution in [0, 0.1) is 0 Å². The molecule has 0 spiro atoms. The van der Waals surface area contributed by atoms with Crippen LogP contribution in [-0.4, -0.2) is 38.4 Å². The zero-order valence-corrected chi connectivity index (χ0v) is 15.8. The van der Waals surface area contributed by atoms with Gasteiger partial charge in [0.2, 0.25) is 11.6 Å². The van der Waals surface area contributed by atoms with Gasteiger partial charge in [0.15, 0.2) is 17.3 Å². The van der Waals surface area contributed by atoms with Crippen molar-refractivity contribution >= 4 is 18.1 Å². The maximum Gasteiger partial charge on any atom is 0.226 e. The van der Waals surface area contributed by atoms with Crippen molar-refractivity contribution in [1.29, 1.82) is 0 Å². The van der Waals surface area contributed by atoms with Crippen LogP contribution in [0.4, 0.5) is 5.69 Å². The van der Waals surface area contributed by atoms with E-state index < -0.39 is 0 Å². The van der Waals surface area contributed by atoms with Crippen molar-refractivity contribution in [2.45, 2.75) is 0 Å². The van der Waals surface area contributed by atoms with Gasteiger partial charge in [-0.3, -0.25) is 0 Å². The van der Waals surface area contributed by atoms with Crippen molar-refractivity contribution in [2.24, 2.45) is 0 Å². The number of hydrogen-bond acceptors (Lipinski definition) is 6. The Morgan fingerprint density at radius 2 is 1.54 bits per heavy atom. The monoisotopic (exact) mass is 376 g/mol. The van der Waals surface area contributed by atoms with Crippen molar-refractivity contribution in [2.75, 3.05) is 33.2 Å². The third-order valence-corrected chi connectivity index (χ3v) is 3.90. The topological polar surface area (TPSA) is 68.0 Å². The van der Waals surface area contributed by atoms with Crippen LogP contribution in [0.5, 0.6) is 17.2 Å². The number of aromatic hydroxyl groups is 1. The van der Waals surface area contributed by atoms with E-state index in [9.17, 15) is 5.11 Å². The van der Waals surface area contributed by atoms with Gasteiger partial charge in [0.25, 0.3) is 0 Å². The average Bonchev–Trinajstić information content (AvgIpc) is 3.12. The molecule has 7 heteroatoms. The van der Waals surface area contributed by atoms with Gasteiger partial charge in [-0.15, -0.1) is 12.4 Å². The summed E-state index contributed by atoms with van der Waals surface area (Å²) in [6.07, 6.45) is 1.67. The highest BCUT2D eigenvalue weighted by Gasteiger charge is 2.16. The van der Waals surface area contributed by atoms with Crippen LogP contribution in [-0.2, 0) is 0 Å². The summed E-state index contributed by atoms with van der Waals surface area (Å²) in [4.78, 5) is 6.36. The van der Waals surface area contributed by atoms with Crippen molar-refractivity contribution in [1.82, 2.24) is 4.98 Å². The number of phenols is 1. The molecule has 0 aliphatic rings. The second kappa shape index (κ2) is 8.01. The SMILES string of the molecule is COc1cc(-c2ncc(-c3ccc(N(C)C)cc3)o2)cc(OC)c1O.Cl. The molecule has 0 radical (unpaired) electrons. The van der Waals surface area contributed by atoms with Crippen LogP contribution in [0.2, 0.25) is 0 Å². The van der Waals surface area contributed by atoms with Crippen molar-refractivity contribution < 1.29 is 19.0 Å². The third kappa shape index (κ3) is 3.70. The maximum absolute atomic E-state index is 10.0. The number of methoxy groups -OCH3 is 2. The van der Waals surface area contributed by atoms with Gasteiger partial charge in [-0.25, -0.2) is 4.98 Å². The Morgan fingerprint density at radius 1 is 0.962 bits per heavy atom. The lowest BCUT2D eigenvalue weighted by Crippen LogP contribution is -2.07. The molecule has 0 aliphatic heterocycles. The largest absolute Gasteiger partial charge is 0.502 e. The number of ether oxygens (including phenoxy) is 2. The molecule has 138 valence electrons. The second-order valence-corrected chi connectivity index (χ2v) is 5.70. The summed E-state index contributed by atoms with van der Waals surface area (Å²) < 4.78 is 16.2. The van der Waals surface area contributed by atoms with Gasteiger partial charge in [0.05, 0.1) is 20.4 Å². The first-order valence-electron chi connectivity index (χ1n) is 7.72. The van der Waals surface area contributed by atoms with Crippen molar-refractivity contribution in [3.05, 3.63) is 42.6 Å². The van der Waals surface area contributed by atoms with Crippen LogP contribution < -0.4 is 14.4 Å². The summed E-state index contributed by atoms with van der Waals surface area (Å²) in [7, 11) is 6.94. The van der Waals surface area contributed by atoms with Gasteiger partial charge in [0.1, 0.15) is 0 Å². The molecule has 0 saturated heterocycles. The minimum atomic E-state index is -0.0557. The molecule has 0 fully saturated rings. The molecule has 1 aromatic heterocycles. The zero-order chi connectivity index (χ0) is 18.0. The number of rotatable bonds is 5. The van der Waals surface area contributed by atoms with E-state index in [1.54, 1.807) is 18.3 Å². The van der Waals surface area contributed by atoms with E-state index in [0.29, 0.717) is 28.7 Å². The van der Waals surface area contributed by atoms with Crippen molar-refractivity contribution in [3.8, 4) is 40.0 Å². The van der Waals surface area contributed by atoms with Crippen LogP contribution in [0.15, 0.2) is 47.0 Å². The lowest BCUT2D eigenvalue weighted by molar-refractivity contribution is 0.340. The minimum absolute atomic E-state index is 0. The molecule has 0 atom stereocenters. The summed E-state index contributed by atoms with van der Waals surface area (Å²) in [6.45, 7) is 0. The van der Waals surface area contributed by atoms with Crippen LogP contribution in [0.1, 0.15) is 0 Å². The van der Waals surface area contributed by atoms with Crippen LogP contribution >= 0.6 is 12.4 Å². The Bertz CT molecular complexity index is 850. The van der Waals surface area contributed by atoms with Gasteiger partial charge in [-0.1, -0.05) is 0 Å². The summed E-state index contributed by atoms with van der Waals surface area (Å²) in [6, 6.07) is 11.3. The Labute approximate surface area is 158 Å². The highest BCUT2D eigenvalue weighted by Crippen LogP contribution is 2.40. The molecule has 6 nitrogen and oxygen atoms in total. The van der Waals surface area contributed by atoms with Crippen LogP contribution in [0.3, 0.4) is 0 Å². The van der Waals surface area contributed by atoms with E-state index in [0.717, 1.165) is 11.3 Å². The van der Waals surface area contributed by atoms with E-state index in [1.165, 1.54) is 14.2 Å². The molecule has 0 unspecified atom stereocenters. The van der Waals surface area contributed by atoms with E-state index in [2.05, 4.69) is 4.98 Å².